The first-order chi connectivity index (χ1) is 7.20. The molecule has 1 atom stereocenters. The van der Waals surface area contributed by atoms with E-state index in [4.69, 9.17) is 16.7 Å². The molecule has 2 aromatic rings. The van der Waals surface area contributed by atoms with Gasteiger partial charge in [0.2, 0.25) is 5.28 Å². The van der Waals surface area contributed by atoms with E-state index in [9.17, 15) is 0 Å². The number of H-pyrrole nitrogens is 1. The molecule has 0 aliphatic carbocycles. The second-order valence-electron chi connectivity index (χ2n) is 3.20. The molecule has 0 bridgehead atoms. The van der Waals surface area contributed by atoms with Crippen LogP contribution >= 0.6 is 11.6 Å². The summed E-state index contributed by atoms with van der Waals surface area (Å²) in [6, 6.07) is -0.103. The number of aromatic amines is 1. The molecular weight excluding hydrogens is 218 g/mol. The van der Waals surface area contributed by atoms with Crippen LogP contribution in [0.5, 0.6) is 0 Å². The molecule has 0 amide bonds. The van der Waals surface area contributed by atoms with Gasteiger partial charge in [0.25, 0.3) is 0 Å². The highest BCUT2D eigenvalue weighted by Gasteiger charge is 2.10. The van der Waals surface area contributed by atoms with E-state index in [1.807, 2.05) is 6.92 Å². The van der Waals surface area contributed by atoms with Gasteiger partial charge in [0.05, 0.1) is 18.2 Å². The summed E-state index contributed by atoms with van der Waals surface area (Å²) >= 11 is 5.73. The SMILES string of the molecule is CC(CO)Nc1nc(Cl)nc2[nH]ncc12. The van der Waals surface area contributed by atoms with Crippen LogP contribution in [0.2, 0.25) is 5.28 Å². The molecule has 0 saturated heterocycles. The first-order valence-corrected chi connectivity index (χ1v) is 4.82. The van der Waals surface area contributed by atoms with Gasteiger partial charge in [0.1, 0.15) is 5.82 Å². The number of nitrogens with zero attached hydrogens (tertiary/aromatic N) is 3. The predicted octanol–water partition coefficient (Wildman–Crippen LogP) is 0.799. The molecule has 0 fully saturated rings. The van der Waals surface area contributed by atoms with Crippen molar-refractivity contribution in [3.05, 3.63) is 11.5 Å². The Bertz CT molecular complexity index is 471. The average Bonchev–Trinajstić information content (AvgIpc) is 2.65. The highest BCUT2D eigenvalue weighted by Crippen LogP contribution is 2.20. The maximum Gasteiger partial charge on any atom is 0.226 e. The van der Waals surface area contributed by atoms with Crippen molar-refractivity contribution in [2.45, 2.75) is 13.0 Å². The summed E-state index contributed by atoms with van der Waals surface area (Å²) in [5.41, 5.74) is 0.572. The highest BCUT2D eigenvalue weighted by atomic mass is 35.5. The third-order valence-corrected chi connectivity index (χ3v) is 2.11. The third-order valence-electron chi connectivity index (χ3n) is 1.94. The van der Waals surface area contributed by atoms with E-state index in [0.29, 0.717) is 11.5 Å². The molecule has 2 rings (SSSR count). The predicted molar refractivity (Wildman–Crippen MR) is 56.9 cm³/mol. The molecule has 80 valence electrons. The van der Waals surface area contributed by atoms with Crippen LogP contribution in [0.4, 0.5) is 5.82 Å². The summed E-state index contributed by atoms with van der Waals surface area (Å²) < 4.78 is 0. The van der Waals surface area contributed by atoms with Gasteiger partial charge in [-0.25, -0.2) is 0 Å². The molecule has 0 spiro atoms. The van der Waals surface area contributed by atoms with Gasteiger partial charge in [-0.1, -0.05) is 0 Å². The average molecular weight is 228 g/mol. The second kappa shape index (κ2) is 4.00. The van der Waals surface area contributed by atoms with E-state index in [-0.39, 0.29) is 17.9 Å². The van der Waals surface area contributed by atoms with Crippen LogP contribution in [0.3, 0.4) is 0 Å². The van der Waals surface area contributed by atoms with E-state index < -0.39 is 0 Å². The Kier molecular flexibility index (Phi) is 2.70. The number of aromatic nitrogens is 4. The molecule has 0 aliphatic rings. The summed E-state index contributed by atoms with van der Waals surface area (Å²) in [6.07, 6.45) is 1.61. The van der Waals surface area contributed by atoms with Gasteiger partial charge in [-0.2, -0.15) is 15.1 Å². The Morgan fingerprint density at radius 3 is 3.13 bits per heavy atom. The first kappa shape index (κ1) is 10.1. The van der Waals surface area contributed by atoms with Crippen LogP contribution in [-0.2, 0) is 0 Å². The van der Waals surface area contributed by atoms with E-state index in [2.05, 4.69) is 25.5 Å². The Balaban J connectivity index is 2.44. The van der Waals surface area contributed by atoms with Crippen molar-refractivity contribution < 1.29 is 5.11 Å². The number of hydrogen-bond donors (Lipinski definition) is 3. The number of halogens is 1. The number of nitrogens with one attached hydrogen (secondary N) is 2. The number of rotatable bonds is 3. The molecule has 2 aromatic heterocycles. The molecule has 2 heterocycles. The lowest BCUT2D eigenvalue weighted by Gasteiger charge is -2.11. The quantitative estimate of drug-likeness (QED) is 0.676. The molecule has 6 nitrogen and oxygen atoms in total. The molecule has 0 aromatic carbocycles. The van der Waals surface area contributed by atoms with Crippen LogP contribution in [-0.4, -0.2) is 37.9 Å². The molecule has 0 radical (unpaired) electrons. The lowest BCUT2D eigenvalue weighted by Crippen LogP contribution is -2.20. The van der Waals surface area contributed by atoms with Crippen LogP contribution in [0, 0.1) is 0 Å². The standard InChI is InChI=1S/C8H10ClN5O/c1-4(3-15)11-6-5-2-10-14-7(5)13-8(9)12-6/h2,4,15H,3H2,1H3,(H2,10,11,12,13,14). The van der Waals surface area contributed by atoms with Gasteiger partial charge in [-0.05, 0) is 18.5 Å². The van der Waals surface area contributed by atoms with E-state index >= 15 is 0 Å². The van der Waals surface area contributed by atoms with Crippen molar-refractivity contribution in [2.75, 3.05) is 11.9 Å². The second-order valence-corrected chi connectivity index (χ2v) is 3.54. The van der Waals surface area contributed by atoms with Crippen molar-refractivity contribution in [1.82, 2.24) is 20.2 Å². The maximum absolute atomic E-state index is 8.93. The Morgan fingerprint density at radius 2 is 2.40 bits per heavy atom. The van der Waals surface area contributed by atoms with Crippen molar-refractivity contribution in [3.8, 4) is 0 Å². The minimum absolute atomic E-state index is 0.0148. The third kappa shape index (κ3) is 2.00. The zero-order valence-electron chi connectivity index (χ0n) is 8.03. The normalized spacial score (nSPS) is 13.0. The molecule has 15 heavy (non-hydrogen) atoms. The largest absolute Gasteiger partial charge is 0.394 e. The van der Waals surface area contributed by atoms with Crippen LogP contribution in [0.1, 0.15) is 6.92 Å². The van der Waals surface area contributed by atoms with Crippen molar-refractivity contribution in [3.63, 3.8) is 0 Å². The molecule has 0 saturated carbocycles. The summed E-state index contributed by atoms with van der Waals surface area (Å²) in [5, 5.41) is 19.4. The molecule has 7 heteroatoms. The van der Waals surface area contributed by atoms with E-state index in [1.54, 1.807) is 6.20 Å². The van der Waals surface area contributed by atoms with Crippen molar-refractivity contribution >= 4 is 28.5 Å². The van der Waals surface area contributed by atoms with E-state index in [1.165, 1.54) is 0 Å². The highest BCUT2D eigenvalue weighted by molar-refractivity contribution is 6.28. The van der Waals surface area contributed by atoms with Gasteiger partial charge < -0.3 is 10.4 Å². The van der Waals surface area contributed by atoms with E-state index in [0.717, 1.165) is 5.39 Å². The topological polar surface area (TPSA) is 86.7 Å². The smallest absolute Gasteiger partial charge is 0.226 e. The molecule has 3 N–H and O–H groups in total. The van der Waals surface area contributed by atoms with Crippen molar-refractivity contribution in [1.29, 1.82) is 0 Å². The molecule has 1 unspecified atom stereocenters. The zero-order valence-corrected chi connectivity index (χ0v) is 8.78. The van der Waals surface area contributed by atoms with Crippen LogP contribution in [0.25, 0.3) is 11.0 Å². The number of aliphatic hydroxyl groups excluding tert-OH is 1. The van der Waals surface area contributed by atoms with Gasteiger partial charge in [0.15, 0.2) is 5.65 Å². The number of anilines is 1. The lowest BCUT2D eigenvalue weighted by molar-refractivity contribution is 0.281. The van der Waals surface area contributed by atoms with Crippen LogP contribution in [0.15, 0.2) is 6.20 Å². The summed E-state index contributed by atoms with van der Waals surface area (Å²) in [7, 11) is 0. The fourth-order valence-electron chi connectivity index (χ4n) is 1.20. The molecule has 0 aliphatic heterocycles. The summed E-state index contributed by atoms with van der Waals surface area (Å²) in [6.45, 7) is 1.85. The fraction of sp³-hybridized carbons (Fsp3) is 0.375. The summed E-state index contributed by atoms with van der Waals surface area (Å²) in [5.74, 6) is 0.570. The van der Waals surface area contributed by atoms with Gasteiger partial charge in [-0.3, -0.25) is 5.10 Å². The minimum atomic E-state index is -0.103. The monoisotopic (exact) mass is 227 g/mol. The Morgan fingerprint density at radius 1 is 1.60 bits per heavy atom. The van der Waals surface area contributed by atoms with Crippen molar-refractivity contribution in [2.24, 2.45) is 0 Å². The van der Waals surface area contributed by atoms with Crippen LogP contribution < -0.4 is 5.32 Å². The number of aliphatic hydroxyl groups is 1. The number of hydrogen-bond acceptors (Lipinski definition) is 5. The Hall–Kier alpha value is -1.40. The molecular formula is C8H10ClN5O. The number of fused-ring (bicyclic) bond motifs is 1. The maximum atomic E-state index is 8.93. The lowest BCUT2D eigenvalue weighted by atomic mass is 10.3. The minimum Gasteiger partial charge on any atom is -0.394 e. The first-order valence-electron chi connectivity index (χ1n) is 4.44. The van der Waals surface area contributed by atoms with Gasteiger partial charge in [-0.15, -0.1) is 0 Å². The fourth-order valence-corrected chi connectivity index (χ4v) is 1.37. The van der Waals surface area contributed by atoms with Gasteiger partial charge in [0, 0.05) is 6.04 Å². The summed E-state index contributed by atoms with van der Waals surface area (Å²) in [4.78, 5) is 8.00. The Labute approximate surface area is 90.7 Å². The zero-order chi connectivity index (χ0) is 10.8. The van der Waals surface area contributed by atoms with Gasteiger partial charge >= 0.3 is 0 Å².